The first kappa shape index (κ1) is 16.9. The summed E-state index contributed by atoms with van der Waals surface area (Å²) < 4.78 is 40.9. The highest BCUT2D eigenvalue weighted by molar-refractivity contribution is 5.70. The van der Waals surface area contributed by atoms with Gasteiger partial charge in [0, 0.05) is 22.4 Å². The van der Waals surface area contributed by atoms with Crippen LogP contribution in [0.4, 0.5) is 13.2 Å². The van der Waals surface area contributed by atoms with Gasteiger partial charge in [0.2, 0.25) is 0 Å². The van der Waals surface area contributed by atoms with E-state index in [-0.39, 0.29) is 11.4 Å². The molecule has 4 aromatic rings. The zero-order valence-electron chi connectivity index (χ0n) is 14.0. The van der Waals surface area contributed by atoms with Crippen molar-refractivity contribution in [3.8, 4) is 34.0 Å². The Morgan fingerprint density at radius 3 is 2.41 bits per heavy atom. The van der Waals surface area contributed by atoms with Crippen LogP contribution < -0.4 is 0 Å². The normalized spacial score (nSPS) is 11.0. The first-order valence-electron chi connectivity index (χ1n) is 7.98. The maximum absolute atomic E-state index is 14.3. The summed E-state index contributed by atoms with van der Waals surface area (Å²) in [7, 11) is 0. The Bertz CT molecular complexity index is 1120. The van der Waals surface area contributed by atoms with Crippen LogP contribution in [0.2, 0.25) is 0 Å². The van der Waals surface area contributed by atoms with Crippen molar-refractivity contribution in [3.63, 3.8) is 0 Å². The number of aromatic amines is 1. The summed E-state index contributed by atoms with van der Waals surface area (Å²) in [5, 5.41) is 6.81. The van der Waals surface area contributed by atoms with E-state index in [0.29, 0.717) is 34.2 Å². The van der Waals surface area contributed by atoms with Gasteiger partial charge in [-0.1, -0.05) is 0 Å². The van der Waals surface area contributed by atoms with Crippen molar-refractivity contribution in [1.82, 2.24) is 25.1 Å². The first-order chi connectivity index (χ1) is 13.0. The molecule has 0 fully saturated rings. The zero-order valence-corrected chi connectivity index (χ0v) is 14.0. The number of halogens is 3. The molecule has 4 rings (SSSR count). The van der Waals surface area contributed by atoms with Crippen LogP contribution in [0.1, 0.15) is 5.69 Å². The molecule has 0 unspecified atom stereocenters. The Morgan fingerprint density at radius 2 is 1.63 bits per heavy atom. The molecule has 0 saturated heterocycles. The third-order valence-electron chi connectivity index (χ3n) is 4.03. The van der Waals surface area contributed by atoms with Gasteiger partial charge in [-0.25, -0.2) is 23.1 Å². The molecule has 0 amide bonds. The van der Waals surface area contributed by atoms with Crippen molar-refractivity contribution in [1.29, 1.82) is 0 Å². The smallest absolute Gasteiger partial charge is 0.181 e. The fraction of sp³-hybridized carbons (Fsp3) is 0.0526. The molecule has 0 aliphatic heterocycles. The highest BCUT2D eigenvalue weighted by Gasteiger charge is 2.15. The molecule has 0 radical (unpaired) electrons. The summed E-state index contributed by atoms with van der Waals surface area (Å²) in [4.78, 5) is 12.3. The van der Waals surface area contributed by atoms with Crippen molar-refractivity contribution in [2.45, 2.75) is 6.92 Å². The monoisotopic (exact) mass is 367 g/mol. The van der Waals surface area contributed by atoms with Crippen LogP contribution >= 0.6 is 0 Å². The van der Waals surface area contributed by atoms with E-state index >= 15 is 0 Å². The Labute approximate surface area is 152 Å². The molecule has 3 aromatic heterocycles. The number of rotatable bonds is 3. The van der Waals surface area contributed by atoms with Gasteiger partial charge in [0.25, 0.3) is 0 Å². The SMILES string of the molecule is Cc1ncc(F)cc1-c1cc(-c2nc(-c3ccc(F)cc3)n[nH]2)ncc1F. The molecule has 1 aromatic carbocycles. The van der Waals surface area contributed by atoms with Crippen LogP contribution in [-0.4, -0.2) is 25.1 Å². The van der Waals surface area contributed by atoms with Crippen molar-refractivity contribution in [2.75, 3.05) is 0 Å². The summed E-state index contributed by atoms with van der Waals surface area (Å²) in [6, 6.07) is 8.38. The highest BCUT2D eigenvalue weighted by Crippen LogP contribution is 2.28. The average molecular weight is 367 g/mol. The third-order valence-corrected chi connectivity index (χ3v) is 4.03. The van der Waals surface area contributed by atoms with Crippen molar-refractivity contribution >= 4 is 0 Å². The predicted octanol–water partition coefficient (Wildman–Crippen LogP) is 4.32. The molecule has 3 heterocycles. The molecule has 5 nitrogen and oxygen atoms in total. The van der Waals surface area contributed by atoms with Crippen LogP contribution in [0, 0.1) is 24.4 Å². The van der Waals surface area contributed by atoms with Crippen LogP contribution in [0.5, 0.6) is 0 Å². The van der Waals surface area contributed by atoms with Gasteiger partial charge in [0.15, 0.2) is 11.6 Å². The minimum atomic E-state index is -0.604. The maximum Gasteiger partial charge on any atom is 0.181 e. The number of aryl methyl sites for hydroxylation is 1. The van der Waals surface area contributed by atoms with Gasteiger partial charge in [-0.3, -0.25) is 10.1 Å². The summed E-state index contributed by atoms with van der Waals surface area (Å²) >= 11 is 0. The number of nitrogens with zero attached hydrogens (tertiary/aromatic N) is 4. The molecule has 0 atom stereocenters. The standard InChI is InChI=1S/C19H12F3N5/c1-10-14(6-13(21)8-23-10)15-7-17(24-9-16(15)22)19-25-18(26-27-19)11-2-4-12(20)5-3-11/h2-9H,1H3,(H,25,26,27). The Kier molecular flexibility index (Phi) is 4.15. The van der Waals surface area contributed by atoms with Gasteiger partial charge < -0.3 is 0 Å². The van der Waals surface area contributed by atoms with E-state index in [1.54, 1.807) is 19.1 Å². The topological polar surface area (TPSA) is 67.3 Å². The Balaban J connectivity index is 1.75. The summed E-state index contributed by atoms with van der Waals surface area (Å²) in [5.41, 5.74) is 1.91. The zero-order chi connectivity index (χ0) is 19.0. The van der Waals surface area contributed by atoms with Crippen LogP contribution in [0.3, 0.4) is 0 Å². The van der Waals surface area contributed by atoms with Gasteiger partial charge in [-0.05, 0) is 43.3 Å². The summed E-state index contributed by atoms with van der Waals surface area (Å²) in [6.07, 6.45) is 2.11. The van der Waals surface area contributed by atoms with E-state index in [2.05, 4.69) is 25.1 Å². The van der Waals surface area contributed by atoms with Crippen LogP contribution in [0.15, 0.2) is 48.8 Å². The molecule has 0 bridgehead atoms. The van der Waals surface area contributed by atoms with Gasteiger partial charge in [-0.2, -0.15) is 5.10 Å². The van der Waals surface area contributed by atoms with E-state index in [4.69, 9.17) is 0 Å². The Morgan fingerprint density at radius 1 is 0.852 bits per heavy atom. The average Bonchev–Trinajstić information content (AvgIpc) is 3.15. The fourth-order valence-corrected chi connectivity index (χ4v) is 2.66. The molecule has 8 heteroatoms. The van der Waals surface area contributed by atoms with Gasteiger partial charge in [0.1, 0.15) is 23.1 Å². The molecule has 0 spiro atoms. The number of benzene rings is 1. The lowest BCUT2D eigenvalue weighted by Gasteiger charge is -2.07. The van der Waals surface area contributed by atoms with Crippen molar-refractivity contribution in [2.24, 2.45) is 0 Å². The number of hydrogen-bond donors (Lipinski definition) is 1. The lowest BCUT2D eigenvalue weighted by atomic mass is 10.0. The largest absolute Gasteiger partial charge is 0.258 e. The molecule has 1 N–H and O–H groups in total. The second kappa shape index (κ2) is 6.64. The quantitative estimate of drug-likeness (QED) is 0.586. The van der Waals surface area contributed by atoms with Crippen molar-refractivity contribution in [3.05, 3.63) is 71.9 Å². The number of hydrogen-bond acceptors (Lipinski definition) is 4. The van der Waals surface area contributed by atoms with Gasteiger partial charge in [-0.15, -0.1) is 0 Å². The number of aromatic nitrogens is 5. The lowest BCUT2D eigenvalue weighted by molar-refractivity contribution is 0.616. The number of nitrogens with one attached hydrogen (secondary N) is 1. The van der Waals surface area contributed by atoms with E-state index in [9.17, 15) is 13.2 Å². The number of H-pyrrole nitrogens is 1. The number of pyridine rings is 2. The van der Waals surface area contributed by atoms with Crippen LogP contribution in [0.25, 0.3) is 34.0 Å². The van der Waals surface area contributed by atoms with E-state index in [1.807, 2.05) is 0 Å². The molecule has 0 aliphatic rings. The molecular weight excluding hydrogens is 355 g/mol. The molecular formula is C19H12F3N5. The van der Waals surface area contributed by atoms with Gasteiger partial charge in [0.05, 0.1) is 12.4 Å². The minimum absolute atomic E-state index is 0.157. The second-order valence-corrected chi connectivity index (χ2v) is 5.85. The lowest BCUT2D eigenvalue weighted by Crippen LogP contribution is -1.95. The van der Waals surface area contributed by atoms with E-state index < -0.39 is 11.6 Å². The van der Waals surface area contributed by atoms with Crippen LogP contribution in [-0.2, 0) is 0 Å². The van der Waals surface area contributed by atoms with E-state index in [0.717, 1.165) is 12.4 Å². The molecule has 134 valence electrons. The molecule has 0 saturated carbocycles. The Hall–Kier alpha value is -3.55. The molecule has 0 aliphatic carbocycles. The third kappa shape index (κ3) is 3.29. The first-order valence-corrected chi connectivity index (χ1v) is 7.98. The predicted molar refractivity (Wildman–Crippen MR) is 92.9 cm³/mol. The fourth-order valence-electron chi connectivity index (χ4n) is 2.66. The van der Waals surface area contributed by atoms with Crippen molar-refractivity contribution < 1.29 is 13.2 Å². The molecule has 27 heavy (non-hydrogen) atoms. The minimum Gasteiger partial charge on any atom is -0.258 e. The van der Waals surface area contributed by atoms with Gasteiger partial charge >= 0.3 is 0 Å². The second-order valence-electron chi connectivity index (χ2n) is 5.85. The highest BCUT2D eigenvalue weighted by atomic mass is 19.1. The summed E-state index contributed by atoms with van der Waals surface area (Å²) in [6.45, 7) is 1.66. The summed E-state index contributed by atoms with van der Waals surface area (Å²) in [5.74, 6) is -0.878. The van der Waals surface area contributed by atoms with E-state index in [1.165, 1.54) is 24.3 Å². The maximum atomic E-state index is 14.3.